The first-order chi connectivity index (χ1) is 17.2. The van der Waals surface area contributed by atoms with E-state index in [2.05, 4.69) is 17.2 Å². The van der Waals surface area contributed by atoms with E-state index < -0.39 is 5.97 Å². The summed E-state index contributed by atoms with van der Waals surface area (Å²) in [6.07, 6.45) is 3.28. The van der Waals surface area contributed by atoms with Crippen LogP contribution in [-0.4, -0.2) is 19.7 Å². The van der Waals surface area contributed by atoms with Crippen molar-refractivity contribution in [2.45, 2.75) is 26.2 Å². The Labute approximate surface area is 205 Å². The number of esters is 1. The summed E-state index contributed by atoms with van der Waals surface area (Å²) in [4.78, 5) is 12.9. The maximum Gasteiger partial charge on any atom is 0.343 e. The lowest BCUT2D eigenvalue weighted by Gasteiger charge is -2.10. The van der Waals surface area contributed by atoms with Crippen molar-refractivity contribution in [2.24, 2.45) is 10.2 Å². The first-order valence-corrected chi connectivity index (χ1v) is 11.7. The molecule has 0 heterocycles. The summed E-state index contributed by atoms with van der Waals surface area (Å²) in [6.45, 7) is 2.82. The first kappa shape index (κ1) is 24.0. The Morgan fingerprint density at radius 1 is 0.800 bits per heavy atom. The molecule has 0 fully saturated rings. The van der Waals surface area contributed by atoms with Gasteiger partial charge in [-0.3, -0.25) is 0 Å². The van der Waals surface area contributed by atoms with Gasteiger partial charge in [-0.1, -0.05) is 62.2 Å². The second-order valence-electron chi connectivity index (χ2n) is 7.97. The van der Waals surface area contributed by atoms with E-state index in [9.17, 15) is 4.79 Å². The zero-order chi connectivity index (χ0) is 24.5. The number of carbonyl (C=O) groups excluding carboxylic acids is 1. The summed E-state index contributed by atoms with van der Waals surface area (Å²) in [5.74, 6) is 1.18. The lowest BCUT2D eigenvalue weighted by Crippen LogP contribution is -2.08. The average molecular weight is 469 g/mol. The van der Waals surface area contributed by atoms with Gasteiger partial charge in [0.05, 0.1) is 19.3 Å². The zero-order valence-corrected chi connectivity index (χ0v) is 19.9. The molecule has 0 aliphatic rings. The van der Waals surface area contributed by atoms with Crippen LogP contribution in [0.15, 0.2) is 95.2 Å². The largest absolute Gasteiger partial charge is 0.494 e. The molecule has 0 unspecified atom stereocenters. The van der Waals surface area contributed by atoms with Gasteiger partial charge in [0.25, 0.3) is 0 Å². The van der Waals surface area contributed by atoms with Crippen molar-refractivity contribution in [2.75, 3.05) is 13.7 Å². The number of hydrogen-bond acceptors (Lipinski definition) is 6. The Morgan fingerprint density at radius 3 is 2.37 bits per heavy atom. The highest BCUT2D eigenvalue weighted by Crippen LogP contribution is 2.38. The number of rotatable bonds is 10. The van der Waals surface area contributed by atoms with E-state index in [1.807, 2.05) is 54.6 Å². The summed E-state index contributed by atoms with van der Waals surface area (Å²) >= 11 is 0. The number of hydrogen-bond donors (Lipinski definition) is 0. The summed E-state index contributed by atoms with van der Waals surface area (Å²) in [6, 6.07) is 25.7. The summed E-state index contributed by atoms with van der Waals surface area (Å²) < 4.78 is 16.9. The lowest BCUT2D eigenvalue weighted by molar-refractivity contribution is 0.0735. The van der Waals surface area contributed by atoms with E-state index in [-0.39, 0.29) is 0 Å². The molecule has 4 aromatic carbocycles. The number of para-hydroxylation sites is 1. The summed E-state index contributed by atoms with van der Waals surface area (Å²) in [5, 5.41) is 10.6. The van der Waals surface area contributed by atoms with Crippen molar-refractivity contribution in [1.29, 1.82) is 0 Å². The minimum atomic E-state index is -0.480. The van der Waals surface area contributed by atoms with Gasteiger partial charge in [0.2, 0.25) is 0 Å². The van der Waals surface area contributed by atoms with E-state index >= 15 is 0 Å². The van der Waals surface area contributed by atoms with Gasteiger partial charge in [-0.2, -0.15) is 0 Å². The van der Waals surface area contributed by atoms with Crippen molar-refractivity contribution in [3.63, 3.8) is 0 Å². The molecule has 0 radical (unpaired) electrons. The Kier molecular flexibility index (Phi) is 8.07. The van der Waals surface area contributed by atoms with Crippen LogP contribution in [0.1, 0.15) is 36.5 Å². The van der Waals surface area contributed by atoms with E-state index in [0.29, 0.717) is 35.0 Å². The molecular formula is C29H28N2O4. The maximum atomic E-state index is 12.9. The minimum absolute atomic E-state index is 0.326. The van der Waals surface area contributed by atoms with Crippen molar-refractivity contribution in [1.82, 2.24) is 0 Å². The predicted molar refractivity (Wildman–Crippen MR) is 138 cm³/mol. The third-order valence-electron chi connectivity index (χ3n) is 5.52. The highest BCUT2D eigenvalue weighted by Gasteiger charge is 2.15. The molecule has 0 aliphatic heterocycles. The summed E-state index contributed by atoms with van der Waals surface area (Å²) in [7, 11) is 1.58. The van der Waals surface area contributed by atoms with E-state index in [1.54, 1.807) is 37.4 Å². The Morgan fingerprint density at radius 2 is 1.57 bits per heavy atom. The first-order valence-electron chi connectivity index (χ1n) is 11.7. The summed E-state index contributed by atoms with van der Waals surface area (Å²) in [5.41, 5.74) is 1.47. The lowest BCUT2D eigenvalue weighted by atomic mass is 10.1. The minimum Gasteiger partial charge on any atom is -0.494 e. The monoisotopic (exact) mass is 468 g/mol. The Hall–Kier alpha value is -4.19. The van der Waals surface area contributed by atoms with Gasteiger partial charge in [0.15, 0.2) is 5.75 Å². The zero-order valence-electron chi connectivity index (χ0n) is 19.9. The number of azo groups is 1. The molecule has 0 spiro atoms. The number of carbonyl (C=O) groups is 1. The molecule has 0 atom stereocenters. The van der Waals surface area contributed by atoms with Gasteiger partial charge in [-0.15, -0.1) is 10.2 Å². The van der Waals surface area contributed by atoms with Crippen molar-refractivity contribution >= 4 is 28.1 Å². The van der Waals surface area contributed by atoms with Crippen molar-refractivity contribution in [3.05, 3.63) is 90.5 Å². The van der Waals surface area contributed by atoms with Crippen LogP contribution in [0, 0.1) is 0 Å². The number of fused-ring (bicyclic) bond motifs is 1. The molecule has 4 aromatic rings. The fourth-order valence-electron chi connectivity index (χ4n) is 3.63. The van der Waals surface area contributed by atoms with Gasteiger partial charge in [-0.25, -0.2) is 4.79 Å². The predicted octanol–water partition coefficient (Wildman–Crippen LogP) is 8.05. The number of benzene rings is 4. The molecule has 4 rings (SSSR count). The normalized spacial score (nSPS) is 11.0. The van der Waals surface area contributed by atoms with Gasteiger partial charge in [0, 0.05) is 5.39 Å². The van der Waals surface area contributed by atoms with Crippen LogP contribution in [0.2, 0.25) is 0 Å². The van der Waals surface area contributed by atoms with Crippen LogP contribution in [0.5, 0.6) is 17.2 Å². The Balaban J connectivity index is 1.58. The van der Waals surface area contributed by atoms with Crippen molar-refractivity contribution in [3.8, 4) is 17.2 Å². The number of nitrogens with zero attached hydrogens (tertiary/aromatic N) is 2. The molecule has 0 amide bonds. The molecule has 0 saturated heterocycles. The van der Waals surface area contributed by atoms with Crippen LogP contribution < -0.4 is 14.2 Å². The molecule has 0 aliphatic carbocycles. The molecule has 0 saturated carbocycles. The highest BCUT2D eigenvalue weighted by molar-refractivity contribution is 5.98. The van der Waals surface area contributed by atoms with E-state index in [0.717, 1.165) is 35.8 Å². The molecule has 6 nitrogen and oxygen atoms in total. The topological polar surface area (TPSA) is 69.5 Å². The van der Waals surface area contributed by atoms with Gasteiger partial charge in [0.1, 0.15) is 22.9 Å². The van der Waals surface area contributed by atoms with Gasteiger partial charge >= 0.3 is 5.97 Å². The standard InChI is InChI=1S/C29H28N2O4/c1-3-4-9-20-34-23-17-14-22(15-18-23)29(32)35-27-19-16-21-10-5-6-11-24(21)28(27)31-30-25-12-7-8-13-26(25)33-2/h5-8,10-19H,3-4,9,20H2,1-2H3. The number of methoxy groups -OCH3 is 1. The third-order valence-corrected chi connectivity index (χ3v) is 5.52. The van der Waals surface area contributed by atoms with Crippen LogP contribution in [0.25, 0.3) is 10.8 Å². The molecule has 35 heavy (non-hydrogen) atoms. The molecular weight excluding hydrogens is 440 g/mol. The van der Waals surface area contributed by atoms with Crippen LogP contribution in [0.4, 0.5) is 11.4 Å². The molecule has 0 aromatic heterocycles. The third kappa shape index (κ3) is 6.03. The van der Waals surface area contributed by atoms with Crippen LogP contribution >= 0.6 is 0 Å². The molecule has 6 heteroatoms. The van der Waals surface area contributed by atoms with E-state index in [1.165, 1.54) is 0 Å². The second kappa shape index (κ2) is 11.8. The maximum absolute atomic E-state index is 12.9. The average Bonchev–Trinajstić information content (AvgIpc) is 2.91. The molecule has 0 bridgehead atoms. The Bertz CT molecular complexity index is 1320. The second-order valence-corrected chi connectivity index (χ2v) is 7.97. The fourth-order valence-corrected chi connectivity index (χ4v) is 3.63. The molecule has 178 valence electrons. The fraction of sp³-hybridized carbons (Fsp3) is 0.207. The number of ether oxygens (including phenoxy) is 3. The molecule has 0 N–H and O–H groups in total. The highest BCUT2D eigenvalue weighted by atomic mass is 16.5. The quantitative estimate of drug-likeness (QED) is 0.102. The number of unbranched alkanes of at least 4 members (excludes halogenated alkanes) is 2. The van der Waals surface area contributed by atoms with E-state index in [4.69, 9.17) is 14.2 Å². The SMILES string of the molecule is CCCCCOc1ccc(C(=O)Oc2ccc3ccccc3c2N=Nc2ccccc2OC)cc1. The van der Waals surface area contributed by atoms with Crippen LogP contribution in [0.3, 0.4) is 0 Å². The smallest absolute Gasteiger partial charge is 0.343 e. The van der Waals surface area contributed by atoms with Gasteiger partial charge in [-0.05, 0) is 54.3 Å². The van der Waals surface area contributed by atoms with Gasteiger partial charge < -0.3 is 14.2 Å². The van der Waals surface area contributed by atoms with Crippen molar-refractivity contribution < 1.29 is 19.0 Å². The van der Waals surface area contributed by atoms with Crippen LogP contribution in [-0.2, 0) is 0 Å².